The molecule has 2 aromatic heterocycles. The van der Waals surface area contributed by atoms with E-state index in [1.54, 1.807) is 28.7 Å². The Morgan fingerprint density at radius 2 is 1.97 bits per heavy atom. The van der Waals surface area contributed by atoms with E-state index in [9.17, 15) is 4.79 Å². The third-order valence-electron chi connectivity index (χ3n) is 4.75. The Morgan fingerprint density at radius 1 is 1.23 bits per heavy atom. The zero-order valence-electron chi connectivity index (χ0n) is 17.8. The lowest BCUT2D eigenvalue weighted by atomic mass is 10.1. The quantitative estimate of drug-likeness (QED) is 0.435. The number of nitrogens with zero attached hydrogens (tertiary/aromatic N) is 3. The second-order valence-electron chi connectivity index (χ2n) is 6.94. The summed E-state index contributed by atoms with van der Waals surface area (Å²) in [6, 6.07) is 12.1. The van der Waals surface area contributed by atoms with E-state index in [0.29, 0.717) is 12.1 Å². The second kappa shape index (κ2) is 9.59. The standard InChI is InChI=1S/C24H26N4OS/c1-6-20(24(29)25-14-18-12-17(4)27-23(13-18)30-5)21-15-26-28(22(21)7-2)19-10-8-16(3)9-11-19/h6-13,15H,2,14H2,1,3-5H3,(H,25,29)/b20-6+. The first-order valence-corrected chi connectivity index (χ1v) is 10.9. The molecule has 154 valence electrons. The van der Waals surface area contributed by atoms with Crippen molar-refractivity contribution < 1.29 is 4.79 Å². The molecule has 1 amide bonds. The first-order chi connectivity index (χ1) is 14.5. The van der Waals surface area contributed by atoms with Gasteiger partial charge in [0.25, 0.3) is 5.91 Å². The van der Waals surface area contributed by atoms with Gasteiger partial charge in [-0.2, -0.15) is 5.10 Å². The zero-order valence-corrected chi connectivity index (χ0v) is 18.6. The Morgan fingerprint density at radius 3 is 2.60 bits per heavy atom. The Labute approximate surface area is 181 Å². The lowest BCUT2D eigenvalue weighted by molar-refractivity contribution is -0.115. The summed E-state index contributed by atoms with van der Waals surface area (Å²) in [6.07, 6.45) is 7.25. The molecule has 0 aliphatic heterocycles. The molecule has 3 aromatic rings. The molecule has 1 N–H and O–H groups in total. The van der Waals surface area contributed by atoms with Gasteiger partial charge in [-0.05, 0) is 62.9 Å². The Hall–Kier alpha value is -3.12. The first kappa shape index (κ1) is 21.6. The van der Waals surface area contributed by atoms with Crippen molar-refractivity contribution in [3.05, 3.63) is 83.3 Å². The molecule has 5 nitrogen and oxygen atoms in total. The maximum atomic E-state index is 13.0. The fourth-order valence-electron chi connectivity index (χ4n) is 3.25. The minimum atomic E-state index is -0.149. The van der Waals surface area contributed by atoms with Crippen LogP contribution in [0.15, 0.2) is 60.3 Å². The van der Waals surface area contributed by atoms with E-state index < -0.39 is 0 Å². The van der Waals surface area contributed by atoms with Gasteiger partial charge in [-0.15, -0.1) is 11.8 Å². The molecule has 0 bridgehead atoms. The van der Waals surface area contributed by atoms with Crippen LogP contribution in [0.5, 0.6) is 0 Å². The normalized spacial score (nSPS) is 11.4. The number of aromatic nitrogens is 3. The molecule has 0 atom stereocenters. The number of carbonyl (C=O) groups excluding carboxylic acids is 1. The molecular weight excluding hydrogens is 392 g/mol. The van der Waals surface area contributed by atoms with Crippen LogP contribution in [0.1, 0.15) is 35.0 Å². The van der Waals surface area contributed by atoms with Crippen molar-refractivity contribution >= 4 is 29.3 Å². The van der Waals surface area contributed by atoms with Gasteiger partial charge in [-0.25, -0.2) is 9.67 Å². The summed E-state index contributed by atoms with van der Waals surface area (Å²) in [7, 11) is 0. The van der Waals surface area contributed by atoms with E-state index in [2.05, 4.69) is 22.0 Å². The number of thioether (sulfide) groups is 1. The fourth-order valence-corrected chi connectivity index (χ4v) is 3.76. The summed E-state index contributed by atoms with van der Waals surface area (Å²) >= 11 is 1.59. The number of carbonyl (C=O) groups is 1. The van der Waals surface area contributed by atoms with Crippen molar-refractivity contribution in [1.82, 2.24) is 20.1 Å². The van der Waals surface area contributed by atoms with Gasteiger partial charge in [0.2, 0.25) is 0 Å². The van der Waals surface area contributed by atoms with Gasteiger partial charge in [-0.1, -0.05) is 30.4 Å². The molecule has 0 spiro atoms. The number of rotatable bonds is 7. The highest BCUT2D eigenvalue weighted by Crippen LogP contribution is 2.24. The number of benzene rings is 1. The number of amides is 1. The number of nitrogens with one attached hydrogen (secondary N) is 1. The van der Waals surface area contributed by atoms with Crippen LogP contribution in [0.25, 0.3) is 17.3 Å². The molecule has 2 heterocycles. The van der Waals surface area contributed by atoms with Crippen molar-refractivity contribution in [2.45, 2.75) is 32.3 Å². The largest absolute Gasteiger partial charge is 0.348 e. The number of aryl methyl sites for hydroxylation is 2. The van der Waals surface area contributed by atoms with Gasteiger partial charge in [0.1, 0.15) is 0 Å². The van der Waals surface area contributed by atoms with Gasteiger partial charge in [0.05, 0.1) is 22.6 Å². The van der Waals surface area contributed by atoms with Gasteiger partial charge >= 0.3 is 0 Å². The molecule has 0 aliphatic carbocycles. The number of allylic oxidation sites excluding steroid dienone is 1. The van der Waals surface area contributed by atoms with Gasteiger partial charge in [0.15, 0.2) is 0 Å². The van der Waals surface area contributed by atoms with Crippen LogP contribution in [-0.2, 0) is 11.3 Å². The molecule has 6 heteroatoms. The molecule has 1 aromatic carbocycles. The monoisotopic (exact) mass is 418 g/mol. The van der Waals surface area contributed by atoms with E-state index in [1.807, 2.05) is 69.5 Å². The third-order valence-corrected chi connectivity index (χ3v) is 5.38. The number of hydrogen-bond donors (Lipinski definition) is 1. The van der Waals surface area contributed by atoms with Crippen LogP contribution in [0.2, 0.25) is 0 Å². The SMILES string of the molecule is C=Cc1c(/C(=C\C)C(=O)NCc2cc(C)nc(SC)c2)cnn1-c1ccc(C)cc1. The van der Waals surface area contributed by atoms with E-state index in [-0.39, 0.29) is 5.91 Å². The van der Waals surface area contributed by atoms with E-state index in [0.717, 1.165) is 33.2 Å². The van der Waals surface area contributed by atoms with Crippen LogP contribution >= 0.6 is 11.8 Å². The van der Waals surface area contributed by atoms with Crippen LogP contribution in [0, 0.1) is 13.8 Å². The van der Waals surface area contributed by atoms with Crippen LogP contribution < -0.4 is 5.32 Å². The maximum Gasteiger partial charge on any atom is 0.251 e. The Balaban J connectivity index is 1.84. The summed E-state index contributed by atoms with van der Waals surface area (Å²) in [5, 5.41) is 8.47. The van der Waals surface area contributed by atoms with E-state index >= 15 is 0 Å². The topological polar surface area (TPSA) is 59.8 Å². The van der Waals surface area contributed by atoms with Crippen LogP contribution in [0.4, 0.5) is 0 Å². The molecule has 0 saturated heterocycles. The average Bonchev–Trinajstić information content (AvgIpc) is 3.16. The molecule has 0 unspecified atom stereocenters. The molecule has 0 radical (unpaired) electrons. The molecular formula is C24H26N4OS. The van der Waals surface area contributed by atoms with Crippen molar-refractivity contribution in [3.63, 3.8) is 0 Å². The maximum absolute atomic E-state index is 13.0. The Kier molecular flexibility index (Phi) is 6.90. The van der Waals surface area contributed by atoms with Crippen LogP contribution in [-0.4, -0.2) is 26.9 Å². The predicted octanol–water partition coefficient (Wildman–Crippen LogP) is 4.97. The average molecular weight is 419 g/mol. The van der Waals surface area contributed by atoms with Crippen molar-refractivity contribution in [2.24, 2.45) is 0 Å². The first-order valence-electron chi connectivity index (χ1n) is 9.70. The molecule has 30 heavy (non-hydrogen) atoms. The van der Waals surface area contributed by atoms with Crippen molar-refractivity contribution in [2.75, 3.05) is 6.26 Å². The van der Waals surface area contributed by atoms with Gasteiger partial charge in [0, 0.05) is 23.4 Å². The highest BCUT2D eigenvalue weighted by Gasteiger charge is 2.18. The summed E-state index contributed by atoms with van der Waals surface area (Å²) in [6.45, 7) is 10.2. The van der Waals surface area contributed by atoms with Crippen LogP contribution in [0.3, 0.4) is 0 Å². The summed E-state index contributed by atoms with van der Waals surface area (Å²) in [4.78, 5) is 17.4. The third kappa shape index (κ3) is 4.71. The Bertz CT molecular complexity index is 1100. The molecule has 0 saturated carbocycles. The van der Waals surface area contributed by atoms with E-state index in [4.69, 9.17) is 0 Å². The zero-order chi connectivity index (χ0) is 21.7. The molecule has 0 fully saturated rings. The minimum absolute atomic E-state index is 0.149. The minimum Gasteiger partial charge on any atom is -0.348 e. The number of pyridine rings is 1. The molecule has 3 rings (SSSR count). The summed E-state index contributed by atoms with van der Waals surface area (Å²) < 4.78 is 1.80. The predicted molar refractivity (Wildman–Crippen MR) is 125 cm³/mol. The second-order valence-corrected chi connectivity index (χ2v) is 7.77. The van der Waals surface area contributed by atoms with Crippen molar-refractivity contribution in [3.8, 4) is 5.69 Å². The van der Waals surface area contributed by atoms with Gasteiger partial charge in [-0.3, -0.25) is 4.79 Å². The van der Waals surface area contributed by atoms with Crippen molar-refractivity contribution in [1.29, 1.82) is 0 Å². The summed E-state index contributed by atoms with van der Waals surface area (Å²) in [5.41, 5.74) is 6.16. The lowest BCUT2D eigenvalue weighted by Gasteiger charge is -2.11. The molecule has 0 aliphatic rings. The lowest BCUT2D eigenvalue weighted by Crippen LogP contribution is -2.24. The van der Waals surface area contributed by atoms with Gasteiger partial charge < -0.3 is 5.32 Å². The summed E-state index contributed by atoms with van der Waals surface area (Å²) in [5.74, 6) is -0.149. The van der Waals surface area contributed by atoms with E-state index in [1.165, 1.54) is 5.56 Å². The number of hydrogen-bond acceptors (Lipinski definition) is 4. The highest BCUT2D eigenvalue weighted by atomic mass is 32.2. The fraction of sp³-hybridized carbons (Fsp3) is 0.208. The highest BCUT2D eigenvalue weighted by molar-refractivity contribution is 7.98. The smallest absolute Gasteiger partial charge is 0.251 e.